The van der Waals surface area contributed by atoms with E-state index in [-0.39, 0.29) is 48.6 Å². The second-order valence-electron chi connectivity index (χ2n) is 5.83. The lowest BCUT2D eigenvalue weighted by Crippen LogP contribution is -2.44. The number of ketones is 1. The second-order valence-corrected chi connectivity index (χ2v) is 5.83. The summed E-state index contributed by atoms with van der Waals surface area (Å²) in [5.74, 6) is -0.677. The minimum absolute atomic E-state index is 0.0548. The van der Waals surface area contributed by atoms with Crippen LogP contribution in [0.1, 0.15) is 40.0 Å². The highest BCUT2D eigenvalue weighted by atomic mass is 16.5. The van der Waals surface area contributed by atoms with Crippen molar-refractivity contribution in [3.05, 3.63) is 0 Å². The highest BCUT2D eigenvalue weighted by Crippen LogP contribution is 2.26. The summed E-state index contributed by atoms with van der Waals surface area (Å²) in [7, 11) is 0. The Kier molecular flexibility index (Phi) is 5.05. The number of hydrogen-bond donors (Lipinski definition) is 2. The number of ether oxygens (including phenoxy) is 1. The van der Waals surface area contributed by atoms with E-state index in [9.17, 15) is 14.4 Å². The molecule has 1 aliphatic rings. The first-order chi connectivity index (χ1) is 8.71. The van der Waals surface area contributed by atoms with E-state index in [4.69, 9.17) is 10.5 Å². The normalized spacial score (nSPS) is 23.4. The minimum Gasteiger partial charge on any atom is -0.370 e. The molecule has 0 aromatic carbocycles. The van der Waals surface area contributed by atoms with Gasteiger partial charge >= 0.3 is 0 Å². The zero-order valence-corrected chi connectivity index (χ0v) is 11.7. The van der Waals surface area contributed by atoms with Gasteiger partial charge in [-0.1, -0.05) is 13.8 Å². The number of carbonyl (C=O) groups is 3. The van der Waals surface area contributed by atoms with Gasteiger partial charge in [0.15, 0.2) is 5.78 Å². The summed E-state index contributed by atoms with van der Waals surface area (Å²) >= 11 is 0. The molecular formula is C13H22N2O4. The Bertz CT molecular complexity index is 379. The highest BCUT2D eigenvalue weighted by Gasteiger charge is 2.34. The lowest BCUT2D eigenvalue weighted by atomic mass is 9.84. The van der Waals surface area contributed by atoms with Gasteiger partial charge in [0.25, 0.3) is 0 Å². The Hall–Kier alpha value is -1.43. The molecule has 108 valence electrons. The highest BCUT2D eigenvalue weighted by molar-refractivity contribution is 5.91. The molecule has 0 saturated carbocycles. The number of amides is 2. The van der Waals surface area contributed by atoms with Gasteiger partial charge in [-0.05, 0) is 18.8 Å². The molecule has 1 fully saturated rings. The van der Waals surface area contributed by atoms with Crippen LogP contribution in [0.3, 0.4) is 0 Å². The molecule has 1 aliphatic heterocycles. The van der Waals surface area contributed by atoms with Crippen LogP contribution in [0.15, 0.2) is 0 Å². The number of primary amides is 1. The zero-order valence-electron chi connectivity index (χ0n) is 11.7. The quantitative estimate of drug-likeness (QED) is 0.717. The molecule has 1 heterocycles. The Morgan fingerprint density at radius 2 is 2.11 bits per heavy atom. The van der Waals surface area contributed by atoms with E-state index in [0.717, 1.165) is 0 Å². The number of carbonyl (C=O) groups excluding carboxylic acids is 3. The smallest absolute Gasteiger partial charge is 0.220 e. The second kappa shape index (κ2) is 6.14. The number of hydrogen-bond acceptors (Lipinski definition) is 4. The fraction of sp³-hybridized carbons (Fsp3) is 0.769. The van der Waals surface area contributed by atoms with Crippen molar-refractivity contribution in [2.75, 3.05) is 6.61 Å². The molecule has 2 amide bonds. The summed E-state index contributed by atoms with van der Waals surface area (Å²) < 4.78 is 5.15. The molecule has 2 atom stereocenters. The molecular weight excluding hydrogens is 248 g/mol. The van der Waals surface area contributed by atoms with E-state index in [1.54, 1.807) is 6.92 Å². The first kappa shape index (κ1) is 15.6. The Morgan fingerprint density at radius 1 is 1.47 bits per heavy atom. The van der Waals surface area contributed by atoms with Gasteiger partial charge in [-0.25, -0.2) is 0 Å². The predicted octanol–water partition coefficient (Wildman–Crippen LogP) is 0.141. The summed E-state index contributed by atoms with van der Waals surface area (Å²) in [5.41, 5.74) is 4.84. The number of Topliss-reactive ketones (excluding diaryl/α,β-unsaturated/α-hetero) is 1. The fourth-order valence-electron chi connectivity index (χ4n) is 2.12. The number of nitrogens with two attached hydrogens (primary N) is 1. The first-order valence-corrected chi connectivity index (χ1v) is 6.43. The fourth-order valence-corrected chi connectivity index (χ4v) is 2.12. The van der Waals surface area contributed by atoms with Gasteiger partial charge in [0.2, 0.25) is 11.8 Å². The summed E-state index contributed by atoms with van der Waals surface area (Å²) in [6.07, 6.45) is 0.756. The SMILES string of the molecule is C[C@@H]1OCC(=O)[C@H]1NC(=O)CCC(C)(C)CC(N)=O. The minimum atomic E-state index is -0.549. The molecule has 0 radical (unpaired) electrons. The summed E-state index contributed by atoms with van der Waals surface area (Å²) in [6, 6.07) is -0.549. The van der Waals surface area contributed by atoms with Gasteiger partial charge in [-0.3, -0.25) is 14.4 Å². The number of nitrogens with one attached hydrogen (secondary N) is 1. The average molecular weight is 270 g/mol. The predicted molar refractivity (Wildman–Crippen MR) is 69.2 cm³/mol. The van der Waals surface area contributed by atoms with Crippen LogP contribution in [0.5, 0.6) is 0 Å². The molecule has 1 rings (SSSR count). The Labute approximate surface area is 113 Å². The van der Waals surface area contributed by atoms with Crippen LogP contribution in [-0.2, 0) is 19.1 Å². The van der Waals surface area contributed by atoms with E-state index in [2.05, 4.69) is 5.32 Å². The van der Waals surface area contributed by atoms with Gasteiger partial charge < -0.3 is 15.8 Å². The maximum absolute atomic E-state index is 11.8. The number of rotatable bonds is 6. The molecule has 19 heavy (non-hydrogen) atoms. The topological polar surface area (TPSA) is 98.5 Å². The van der Waals surface area contributed by atoms with Crippen molar-refractivity contribution in [1.82, 2.24) is 5.32 Å². The molecule has 0 aliphatic carbocycles. The van der Waals surface area contributed by atoms with Crippen LogP contribution in [0.25, 0.3) is 0 Å². The maximum atomic E-state index is 11.8. The lowest BCUT2D eigenvalue weighted by Gasteiger charge is -2.23. The van der Waals surface area contributed by atoms with Crippen molar-refractivity contribution in [1.29, 1.82) is 0 Å². The zero-order chi connectivity index (χ0) is 14.6. The molecule has 0 unspecified atom stereocenters. The largest absolute Gasteiger partial charge is 0.370 e. The third kappa shape index (κ3) is 4.98. The van der Waals surface area contributed by atoms with Crippen LogP contribution < -0.4 is 11.1 Å². The maximum Gasteiger partial charge on any atom is 0.220 e. The van der Waals surface area contributed by atoms with Crippen molar-refractivity contribution in [2.45, 2.75) is 52.2 Å². The third-order valence-electron chi connectivity index (χ3n) is 3.30. The first-order valence-electron chi connectivity index (χ1n) is 6.43. The van der Waals surface area contributed by atoms with Gasteiger partial charge in [-0.2, -0.15) is 0 Å². The van der Waals surface area contributed by atoms with Crippen molar-refractivity contribution in [3.8, 4) is 0 Å². The van der Waals surface area contributed by atoms with Gasteiger partial charge in [0.1, 0.15) is 12.6 Å². The van der Waals surface area contributed by atoms with Crippen LogP contribution in [0, 0.1) is 5.41 Å². The van der Waals surface area contributed by atoms with Crippen molar-refractivity contribution in [2.24, 2.45) is 11.1 Å². The molecule has 1 saturated heterocycles. The molecule has 3 N–H and O–H groups in total. The van der Waals surface area contributed by atoms with Crippen LogP contribution in [0.2, 0.25) is 0 Å². The van der Waals surface area contributed by atoms with Crippen LogP contribution >= 0.6 is 0 Å². The van der Waals surface area contributed by atoms with E-state index in [1.165, 1.54) is 0 Å². The standard InChI is InChI=1S/C13H22N2O4/c1-8-12(9(16)7-19-8)15-11(18)4-5-13(2,3)6-10(14)17/h8,12H,4-7H2,1-3H3,(H2,14,17)(H,15,18)/t8-,12-/m0/s1. The van der Waals surface area contributed by atoms with Gasteiger partial charge in [0.05, 0.1) is 6.10 Å². The molecule has 6 nitrogen and oxygen atoms in total. The van der Waals surface area contributed by atoms with Gasteiger partial charge in [0, 0.05) is 12.8 Å². The van der Waals surface area contributed by atoms with E-state index in [1.807, 2.05) is 13.8 Å². The molecule has 0 aromatic heterocycles. The van der Waals surface area contributed by atoms with E-state index >= 15 is 0 Å². The van der Waals surface area contributed by atoms with Crippen molar-refractivity contribution in [3.63, 3.8) is 0 Å². The van der Waals surface area contributed by atoms with Crippen LogP contribution in [-0.4, -0.2) is 36.4 Å². The summed E-state index contributed by atoms with van der Waals surface area (Å²) in [5, 5.41) is 2.67. The third-order valence-corrected chi connectivity index (χ3v) is 3.30. The molecule has 0 aromatic rings. The van der Waals surface area contributed by atoms with Crippen LogP contribution in [0.4, 0.5) is 0 Å². The molecule has 0 bridgehead atoms. The average Bonchev–Trinajstić information content (AvgIpc) is 2.57. The Morgan fingerprint density at radius 3 is 2.58 bits per heavy atom. The molecule has 6 heteroatoms. The summed E-state index contributed by atoms with van der Waals surface area (Å²) in [4.78, 5) is 34.1. The van der Waals surface area contributed by atoms with E-state index < -0.39 is 6.04 Å². The summed E-state index contributed by atoms with van der Waals surface area (Å²) in [6.45, 7) is 5.58. The Balaban J connectivity index is 2.39. The van der Waals surface area contributed by atoms with Crippen molar-refractivity contribution >= 4 is 17.6 Å². The lowest BCUT2D eigenvalue weighted by molar-refractivity contribution is -0.127. The van der Waals surface area contributed by atoms with Gasteiger partial charge in [-0.15, -0.1) is 0 Å². The monoisotopic (exact) mass is 270 g/mol. The molecule has 0 spiro atoms. The van der Waals surface area contributed by atoms with E-state index in [0.29, 0.717) is 6.42 Å². The van der Waals surface area contributed by atoms with Crippen molar-refractivity contribution < 1.29 is 19.1 Å².